The first-order chi connectivity index (χ1) is 12.3. The zero-order valence-corrected chi connectivity index (χ0v) is 16.1. The molecular formula is C20H25BrN4. The Morgan fingerprint density at radius 1 is 1.00 bits per heavy atom. The lowest BCUT2D eigenvalue weighted by Crippen LogP contribution is -2.24. The average molecular weight is 401 g/mol. The van der Waals surface area contributed by atoms with Crippen molar-refractivity contribution < 1.29 is 0 Å². The molecule has 2 aliphatic carbocycles. The molecule has 1 heterocycles. The van der Waals surface area contributed by atoms with E-state index in [-0.39, 0.29) is 0 Å². The van der Waals surface area contributed by atoms with Gasteiger partial charge in [-0.25, -0.2) is 4.98 Å². The highest BCUT2D eigenvalue weighted by Gasteiger charge is 2.26. The van der Waals surface area contributed by atoms with Gasteiger partial charge in [-0.05, 0) is 37.3 Å². The normalized spacial score (nSPS) is 18.1. The van der Waals surface area contributed by atoms with Crippen molar-refractivity contribution >= 4 is 27.7 Å². The van der Waals surface area contributed by atoms with Crippen molar-refractivity contribution in [1.29, 1.82) is 0 Å². The van der Waals surface area contributed by atoms with Crippen LogP contribution in [0.3, 0.4) is 0 Å². The van der Waals surface area contributed by atoms with E-state index in [0.29, 0.717) is 12.0 Å². The van der Waals surface area contributed by atoms with Gasteiger partial charge in [-0.3, -0.25) is 0 Å². The summed E-state index contributed by atoms with van der Waals surface area (Å²) in [5, 5.41) is 7.06. The molecule has 2 aromatic rings. The van der Waals surface area contributed by atoms with Gasteiger partial charge in [0.25, 0.3) is 0 Å². The van der Waals surface area contributed by atoms with Gasteiger partial charge in [-0.1, -0.05) is 53.4 Å². The molecule has 0 aliphatic heterocycles. The van der Waals surface area contributed by atoms with E-state index in [0.717, 1.165) is 22.8 Å². The van der Waals surface area contributed by atoms with Gasteiger partial charge in [-0.15, -0.1) is 0 Å². The Morgan fingerprint density at radius 3 is 2.56 bits per heavy atom. The first-order valence-corrected chi connectivity index (χ1v) is 10.2. The van der Waals surface area contributed by atoms with Crippen LogP contribution in [-0.4, -0.2) is 16.0 Å². The Morgan fingerprint density at radius 2 is 1.80 bits per heavy atom. The fraction of sp³-hybridized carbons (Fsp3) is 0.500. The number of aromatic nitrogens is 2. The lowest BCUT2D eigenvalue weighted by Gasteiger charge is -2.23. The Bertz CT molecular complexity index is 723. The molecule has 4 rings (SSSR count). The molecule has 1 aromatic carbocycles. The van der Waals surface area contributed by atoms with Crippen molar-refractivity contribution in [3.63, 3.8) is 0 Å². The summed E-state index contributed by atoms with van der Waals surface area (Å²) < 4.78 is 1.12. The molecule has 132 valence electrons. The van der Waals surface area contributed by atoms with Gasteiger partial charge in [0.1, 0.15) is 5.82 Å². The molecule has 2 saturated carbocycles. The Hall–Kier alpha value is -1.62. The van der Waals surface area contributed by atoms with Crippen LogP contribution in [-0.2, 0) is 6.54 Å². The maximum absolute atomic E-state index is 4.79. The fourth-order valence-corrected chi connectivity index (χ4v) is 3.89. The maximum atomic E-state index is 4.79. The number of hydrogen-bond donors (Lipinski definition) is 2. The first kappa shape index (κ1) is 16.8. The molecule has 0 unspecified atom stereocenters. The highest BCUT2D eigenvalue weighted by molar-refractivity contribution is 9.10. The molecule has 0 spiro atoms. The Balaban J connectivity index is 1.49. The second-order valence-electron chi connectivity index (χ2n) is 7.20. The molecule has 0 atom stereocenters. The number of anilines is 2. The smallest absolute Gasteiger partial charge is 0.225 e. The summed E-state index contributed by atoms with van der Waals surface area (Å²) in [6.07, 6.45) is 8.96. The first-order valence-electron chi connectivity index (χ1n) is 9.41. The fourth-order valence-electron chi connectivity index (χ4n) is 3.47. The van der Waals surface area contributed by atoms with Crippen molar-refractivity contribution in [2.75, 3.05) is 10.6 Å². The van der Waals surface area contributed by atoms with Crippen molar-refractivity contribution in [3.05, 3.63) is 46.1 Å². The number of nitrogens with one attached hydrogen (secondary N) is 2. The zero-order chi connectivity index (χ0) is 17.1. The van der Waals surface area contributed by atoms with E-state index < -0.39 is 0 Å². The number of hydrogen-bond acceptors (Lipinski definition) is 4. The number of benzene rings is 1. The maximum Gasteiger partial charge on any atom is 0.225 e. The summed E-state index contributed by atoms with van der Waals surface area (Å²) in [4.78, 5) is 9.52. The lowest BCUT2D eigenvalue weighted by molar-refractivity contribution is 0.460. The van der Waals surface area contributed by atoms with Crippen molar-refractivity contribution in [1.82, 2.24) is 9.97 Å². The molecule has 2 N–H and O–H groups in total. The van der Waals surface area contributed by atoms with Crippen molar-refractivity contribution in [2.45, 2.75) is 63.5 Å². The number of halogens is 1. The van der Waals surface area contributed by atoms with E-state index in [4.69, 9.17) is 9.97 Å². The van der Waals surface area contributed by atoms with E-state index in [1.807, 2.05) is 6.07 Å². The highest BCUT2D eigenvalue weighted by Crippen LogP contribution is 2.40. The summed E-state index contributed by atoms with van der Waals surface area (Å²) in [5.74, 6) is 2.34. The monoisotopic (exact) mass is 400 g/mol. The standard InChI is InChI=1S/C20H25BrN4/c21-17-9-5-4-6-15(17)13-22-19-12-18(14-10-11-14)24-20(25-19)23-16-7-2-1-3-8-16/h4-6,9,12,14,16H,1-3,7-8,10-11,13H2,(H2,22,23,24,25). The van der Waals surface area contributed by atoms with Crippen LogP contribution < -0.4 is 10.6 Å². The number of rotatable bonds is 6. The van der Waals surface area contributed by atoms with Crippen LogP contribution in [0.5, 0.6) is 0 Å². The topological polar surface area (TPSA) is 49.8 Å². The third-order valence-corrected chi connectivity index (χ3v) is 5.87. The predicted octanol–water partition coefficient (Wildman–Crippen LogP) is 5.47. The second-order valence-corrected chi connectivity index (χ2v) is 8.05. The third kappa shape index (κ3) is 4.51. The Labute approximate surface area is 158 Å². The van der Waals surface area contributed by atoms with E-state index in [1.54, 1.807) is 0 Å². The van der Waals surface area contributed by atoms with E-state index in [2.05, 4.69) is 50.8 Å². The lowest BCUT2D eigenvalue weighted by atomic mass is 9.96. The van der Waals surface area contributed by atoms with Gasteiger partial charge in [0.05, 0.1) is 5.69 Å². The van der Waals surface area contributed by atoms with Crippen LogP contribution in [0.25, 0.3) is 0 Å². The highest BCUT2D eigenvalue weighted by atomic mass is 79.9. The molecule has 0 radical (unpaired) electrons. The predicted molar refractivity (Wildman–Crippen MR) is 106 cm³/mol. The second kappa shape index (κ2) is 7.73. The quantitative estimate of drug-likeness (QED) is 0.674. The van der Waals surface area contributed by atoms with Crippen LogP contribution in [0, 0.1) is 0 Å². The molecule has 0 amide bonds. The molecular weight excluding hydrogens is 376 g/mol. The van der Waals surface area contributed by atoms with Crippen LogP contribution in [0.4, 0.5) is 11.8 Å². The van der Waals surface area contributed by atoms with Crippen molar-refractivity contribution in [2.24, 2.45) is 0 Å². The molecule has 2 aliphatic rings. The van der Waals surface area contributed by atoms with Gasteiger partial charge in [0.2, 0.25) is 5.95 Å². The van der Waals surface area contributed by atoms with Gasteiger partial charge in [-0.2, -0.15) is 4.98 Å². The van der Waals surface area contributed by atoms with E-state index in [9.17, 15) is 0 Å². The minimum atomic E-state index is 0.527. The number of nitrogens with zero attached hydrogens (tertiary/aromatic N) is 2. The van der Waals surface area contributed by atoms with Crippen LogP contribution >= 0.6 is 15.9 Å². The van der Waals surface area contributed by atoms with Crippen LogP contribution in [0.1, 0.15) is 62.1 Å². The van der Waals surface area contributed by atoms with Crippen molar-refractivity contribution in [3.8, 4) is 0 Å². The SMILES string of the molecule is Brc1ccccc1CNc1cc(C2CC2)nc(NC2CCCCC2)n1. The largest absolute Gasteiger partial charge is 0.366 e. The average Bonchev–Trinajstić information content (AvgIpc) is 3.47. The summed E-state index contributed by atoms with van der Waals surface area (Å²) in [7, 11) is 0. The van der Waals surface area contributed by atoms with E-state index in [1.165, 1.54) is 56.2 Å². The van der Waals surface area contributed by atoms with Gasteiger partial charge in [0.15, 0.2) is 0 Å². The van der Waals surface area contributed by atoms with E-state index >= 15 is 0 Å². The minimum absolute atomic E-state index is 0.527. The molecule has 25 heavy (non-hydrogen) atoms. The van der Waals surface area contributed by atoms with Crippen LogP contribution in [0.2, 0.25) is 0 Å². The summed E-state index contributed by atoms with van der Waals surface area (Å²) in [6.45, 7) is 0.755. The molecule has 0 bridgehead atoms. The van der Waals surface area contributed by atoms with Crippen LogP contribution in [0.15, 0.2) is 34.8 Å². The summed E-state index contributed by atoms with van der Waals surface area (Å²) in [5.41, 5.74) is 2.42. The molecule has 0 saturated heterocycles. The van der Waals surface area contributed by atoms with Gasteiger partial charge >= 0.3 is 0 Å². The summed E-state index contributed by atoms with van der Waals surface area (Å²) in [6, 6.07) is 11.0. The summed E-state index contributed by atoms with van der Waals surface area (Å²) >= 11 is 3.61. The Kier molecular flexibility index (Phi) is 5.20. The third-order valence-electron chi connectivity index (χ3n) is 5.10. The van der Waals surface area contributed by atoms with Gasteiger partial charge in [0, 0.05) is 29.0 Å². The zero-order valence-electron chi connectivity index (χ0n) is 14.5. The molecule has 1 aromatic heterocycles. The molecule has 4 nitrogen and oxygen atoms in total. The molecule has 5 heteroatoms. The van der Waals surface area contributed by atoms with Gasteiger partial charge < -0.3 is 10.6 Å². The minimum Gasteiger partial charge on any atom is -0.366 e. The molecule has 2 fully saturated rings.